The summed E-state index contributed by atoms with van der Waals surface area (Å²) >= 11 is 24.8. The third-order valence-electron chi connectivity index (χ3n) is 4.59. The van der Waals surface area contributed by atoms with Crippen molar-refractivity contribution in [1.82, 2.24) is 4.98 Å². The molecule has 128 valence electrons. The molecule has 6 heteroatoms. The first-order chi connectivity index (χ1) is 11.9. The first kappa shape index (κ1) is 17.2. The van der Waals surface area contributed by atoms with Crippen LogP contribution in [0.1, 0.15) is 30.1 Å². The lowest BCUT2D eigenvalue weighted by Crippen LogP contribution is -2.10. The fourth-order valence-electron chi connectivity index (χ4n) is 3.13. The summed E-state index contributed by atoms with van der Waals surface area (Å²) in [5.74, 6) is 1.38. The smallest absolute Gasteiger partial charge is 0.205 e. The van der Waals surface area contributed by atoms with Crippen molar-refractivity contribution in [3.63, 3.8) is 0 Å². The largest absolute Gasteiger partial charge is 0.444 e. The zero-order valence-electron chi connectivity index (χ0n) is 13.2. The minimum Gasteiger partial charge on any atom is -0.444 e. The Bertz CT molecular complexity index is 976. The van der Waals surface area contributed by atoms with E-state index in [0.717, 1.165) is 35.4 Å². The molecule has 0 atom stereocenters. The van der Waals surface area contributed by atoms with Crippen molar-refractivity contribution in [3.8, 4) is 11.3 Å². The number of rotatable bonds is 3. The molecular weight excluding hydrogens is 400 g/mol. The second-order valence-corrected chi connectivity index (χ2v) is 7.94. The molecule has 1 saturated carbocycles. The summed E-state index contributed by atoms with van der Waals surface area (Å²) in [5.41, 5.74) is 2.24. The fraction of sp³-hybridized carbons (Fsp3) is 0.211. The molecule has 1 fully saturated rings. The minimum absolute atomic E-state index is 0.288. The van der Waals surface area contributed by atoms with E-state index >= 15 is 0 Å². The van der Waals surface area contributed by atoms with Gasteiger partial charge in [-0.3, -0.25) is 0 Å². The number of oxazole rings is 1. The van der Waals surface area contributed by atoms with Gasteiger partial charge in [0.15, 0.2) is 0 Å². The molecule has 1 aliphatic carbocycles. The lowest BCUT2D eigenvalue weighted by Gasteiger charge is -2.13. The highest BCUT2D eigenvalue weighted by Gasteiger charge is 2.51. The third kappa shape index (κ3) is 2.96. The summed E-state index contributed by atoms with van der Waals surface area (Å²) in [6, 6.07) is 10.9. The van der Waals surface area contributed by atoms with Gasteiger partial charge in [-0.15, -0.1) is 0 Å². The SMILES string of the molecule is Cc1oc(C2(c3ccc(Cl)cc3Cl)CC2)nc1-c1ccc(Cl)cc1Cl. The predicted molar refractivity (Wildman–Crippen MR) is 103 cm³/mol. The van der Waals surface area contributed by atoms with Crippen molar-refractivity contribution in [2.45, 2.75) is 25.2 Å². The molecule has 0 bridgehead atoms. The van der Waals surface area contributed by atoms with Crippen LogP contribution in [0.25, 0.3) is 11.3 Å². The second kappa shape index (κ2) is 6.21. The molecular formula is C19H13Cl4NO. The van der Waals surface area contributed by atoms with E-state index in [1.165, 1.54) is 0 Å². The van der Waals surface area contributed by atoms with Gasteiger partial charge in [-0.1, -0.05) is 52.5 Å². The Balaban J connectivity index is 1.80. The monoisotopic (exact) mass is 411 g/mol. The van der Waals surface area contributed by atoms with Gasteiger partial charge in [0.25, 0.3) is 0 Å². The Morgan fingerprint density at radius 1 is 0.920 bits per heavy atom. The van der Waals surface area contributed by atoms with Crippen LogP contribution in [-0.2, 0) is 5.41 Å². The van der Waals surface area contributed by atoms with Gasteiger partial charge in [-0.25, -0.2) is 4.98 Å². The third-order valence-corrected chi connectivity index (χ3v) is 5.68. The van der Waals surface area contributed by atoms with Gasteiger partial charge in [0.1, 0.15) is 11.5 Å². The van der Waals surface area contributed by atoms with Crippen LogP contribution in [-0.4, -0.2) is 4.98 Å². The van der Waals surface area contributed by atoms with Crippen molar-refractivity contribution in [3.05, 3.63) is 73.7 Å². The van der Waals surface area contributed by atoms with Gasteiger partial charge in [0.05, 0.1) is 10.4 Å². The molecule has 0 spiro atoms. The highest BCUT2D eigenvalue weighted by Crippen LogP contribution is 2.56. The van der Waals surface area contributed by atoms with Crippen molar-refractivity contribution in [1.29, 1.82) is 0 Å². The zero-order valence-corrected chi connectivity index (χ0v) is 16.3. The maximum absolute atomic E-state index is 6.42. The van der Waals surface area contributed by atoms with Crippen LogP contribution < -0.4 is 0 Å². The van der Waals surface area contributed by atoms with Crippen molar-refractivity contribution >= 4 is 46.4 Å². The predicted octanol–water partition coefficient (Wildman–Crippen LogP) is 7.34. The summed E-state index contributed by atoms with van der Waals surface area (Å²) in [6.07, 6.45) is 1.87. The molecule has 1 heterocycles. The molecule has 1 aliphatic rings. The summed E-state index contributed by atoms with van der Waals surface area (Å²) in [7, 11) is 0. The van der Waals surface area contributed by atoms with Crippen molar-refractivity contribution in [2.75, 3.05) is 0 Å². The van der Waals surface area contributed by atoms with E-state index in [-0.39, 0.29) is 5.41 Å². The van der Waals surface area contributed by atoms with Gasteiger partial charge in [0.2, 0.25) is 5.89 Å². The zero-order chi connectivity index (χ0) is 17.8. The van der Waals surface area contributed by atoms with Crippen LogP contribution in [0.4, 0.5) is 0 Å². The summed E-state index contributed by atoms with van der Waals surface area (Å²) in [5, 5.41) is 2.38. The van der Waals surface area contributed by atoms with Crippen LogP contribution in [0.5, 0.6) is 0 Å². The maximum atomic E-state index is 6.42. The second-order valence-electron chi connectivity index (χ2n) is 6.25. The summed E-state index contributed by atoms with van der Waals surface area (Å²) in [4.78, 5) is 4.76. The Kier molecular flexibility index (Phi) is 4.28. The van der Waals surface area contributed by atoms with E-state index in [4.69, 9.17) is 55.8 Å². The van der Waals surface area contributed by atoms with Crippen LogP contribution >= 0.6 is 46.4 Å². The molecule has 25 heavy (non-hydrogen) atoms. The Labute approximate surface area is 165 Å². The Hall–Kier alpha value is -1.19. The van der Waals surface area contributed by atoms with E-state index in [9.17, 15) is 0 Å². The normalized spacial score (nSPS) is 15.4. The molecule has 0 unspecified atom stereocenters. The molecule has 2 aromatic carbocycles. The van der Waals surface area contributed by atoms with Crippen LogP contribution in [0.2, 0.25) is 20.1 Å². The quantitative estimate of drug-likeness (QED) is 0.449. The lowest BCUT2D eigenvalue weighted by molar-refractivity contribution is 0.443. The van der Waals surface area contributed by atoms with E-state index in [2.05, 4.69) is 0 Å². The topological polar surface area (TPSA) is 26.0 Å². The Morgan fingerprint density at radius 2 is 1.56 bits per heavy atom. The number of benzene rings is 2. The molecule has 0 radical (unpaired) electrons. The van der Waals surface area contributed by atoms with Gasteiger partial charge in [-0.05, 0) is 55.7 Å². The number of aryl methyl sites for hydroxylation is 1. The molecule has 3 aromatic rings. The minimum atomic E-state index is -0.288. The van der Waals surface area contributed by atoms with Gasteiger partial charge < -0.3 is 4.42 Å². The molecule has 0 saturated heterocycles. The highest BCUT2D eigenvalue weighted by atomic mass is 35.5. The first-order valence-corrected chi connectivity index (χ1v) is 9.31. The molecule has 2 nitrogen and oxygen atoms in total. The first-order valence-electron chi connectivity index (χ1n) is 7.79. The number of hydrogen-bond acceptors (Lipinski definition) is 2. The lowest BCUT2D eigenvalue weighted by atomic mass is 9.96. The number of nitrogens with zero attached hydrogens (tertiary/aromatic N) is 1. The molecule has 0 aliphatic heterocycles. The van der Waals surface area contributed by atoms with E-state index < -0.39 is 0 Å². The van der Waals surface area contributed by atoms with Crippen molar-refractivity contribution in [2.24, 2.45) is 0 Å². The van der Waals surface area contributed by atoms with E-state index in [1.807, 2.05) is 25.1 Å². The van der Waals surface area contributed by atoms with E-state index in [0.29, 0.717) is 26.0 Å². The summed E-state index contributed by atoms with van der Waals surface area (Å²) < 4.78 is 6.03. The summed E-state index contributed by atoms with van der Waals surface area (Å²) in [6.45, 7) is 1.89. The van der Waals surface area contributed by atoms with Crippen LogP contribution in [0.3, 0.4) is 0 Å². The highest BCUT2D eigenvalue weighted by molar-refractivity contribution is 6.36. The van der Waals surface area contributed by atoms with Crippen LogP contribution in [0, 0.1) is 6.92 Å². The number of aromatic nitrogens is 1. The number of hydrogen-bond donors (Lipinski definition) is 0. The number of halogens is 4. The average molecular weight is 413 g/mol. The fourth-order valence-corrected chi connectivity index (χ4v) is 4.22. The molecule has 0 amide bonds. The molecule has 0 N–H and O–H groups in total. The van der Waals surface area contributed by atoms with Gasteiger partial charge in [0, 0.05) is 20.6 Å². The van der Waals surface area contributed by atoms with Gasteiger partial charge >= 0.3 is 0 Å². The van der Waals surface area contributed by atoms with Crippen molar-refractivity contribution < 1.29 is 4.42 Å². The average Bonchev–Trinajstić information content (AvgIpc) is 3.25. The van der Waals surface area contributed by atoms with E-state index in [1.54, 1.807) is 18.2 Å². The standard InChI is InChI=1S/C19H13Cl4NO/c1-10-17(13-4-2-11(20)8-15(13)22)24-18(25-10)19(6-7-19)14-5-3-12(21)9-16(14)23/h2-5,8-9H,6-7H2,1H3. The van der Waals surface area contributed by atoms with Crippen LogP contribution in [0.15, 0.2) is 40.8 Å². The molecule has 1 aromatic heterocycles. The molecule has 4 rings (SSSR count). The maximum Gasteiger partial charge on any atom is 0.205 e. The van der Waals surface area contributed by atoms with Gasteiger partial charge in [-0.2, -0.15) is 0 Å². The Morgan fingerprint density at radius 3 is 2.16 bits per heavy atom.